The molecule has 172 valence electrons. The van der Waals surface area contributed by atoms with E-state index in [2.05, 4.69) is 24.0 Å². The quantitative estimate of drug-likeness (QED) is 0.491. The molecule has 2 fully saturated rings. The maximum Gasteiger partial charge on any atom is 0.403 e. The lowest BCUT2D eigenvalue weighted by Crippen LogP contribution is -2.48. The number of hydrogen-bond donors (Lipinski definition) is 0. The SMILES string of the molecule is Cc1cc2cccnc2cc1-c1ccc(OC2CCN(C(=O)C3(C(F)(F)F)CC3)CC2)cc1. The van der Waals surface area contributed by atoms with Crippen LogP contribution in [0.3, 0.4) is 0 Å². The Kier molecular flexibility index (Phi) is 5.30. The molecule has 2 aromatic carbocycles. The molecule has 33 heavy (non-hydrogen) atoms. The fourth-order valence-electron chi connectivity index (χ4n) is 4.67. The summed E-state index contributed by atoms with van der Waals surface area (Å²) in [6.45, 7) is 2.66. The van der Waals surface area contributed by atoms with Crippen LogP contribution in [-0.4, -0.2) is 41.2 Å². The Morgan fingerprint density at radius 3 is 2.42 bits per heavy atom. The minimum Gasteiger partial charge on any atom is -0.490 e. The number of carbonyl (C=O) groups excluding carboxylic acids is 1. The Morgan fingerprint density at radius 1 is 1.09 bits per heavy atom. The van der Waals surface area contributed by atoms with Gasteiger partial charge in [-0.05, 0) is 66.8 Å². The van der Waals surface area contributed by atoms with Crippen LogP contribution in [0.1, 0.15) is 31.2 Å². The zero-order valence-corrected chi connectivity index (χ0v) is 18.4. The van der Waals surface area contributed by atoms with Gasteiger partial charge in [0.25, 0.3) is 0 Å². The molecule has 0 N–H and O–H groups in total. The van der Waals surface area contributed by atoms with Crippen LogP contribution in [0.4, 0.5) is 13.2 Å². The van der Waals surface area contributed by atoms with E-state index in [4.69, 9.17) is 4.74 Å². The van der Waals surface area contributed by atoms with Gasteiger partial charge in [0.1, 0.15) is 17.3 Å². The Hall–Kier alpha value is -3.09. The Labute approximate surface area is 190 Å². The van der Waals surface area contributed by atoms with Gasteiger partial charge in [0.15, 0.2) is 0 Å². The highest BCUT2D eigenvalue weighted by Gasteiger charge is 2.69. The van der Waals surface area contributed by atoms with E-state index in [0.717, 1.165) is 27.6 Å². The molecule has 0 atom stereocenters. The van der Waals surface area contributed by atoms with Crippen molar-refractivity contribution in [3.63, 3.8) is 0 Å². The summed E-state index contributed by atoms with van der Waals surface area (Å²) in [5.41, 5.74) is 2.15. The Bertz CT molecular complexity index is 1180. The average Bonchev–Trinajstić information content (AvgIpc) is 3.62. The summed E-state index contributed by atoms with van der Waals surface area (Å²) in [4.78, 5) is 18.2. The van der Waals surface area contributed by atoms with E-state index < -0.39 is 17.5 Å². The summed E-state index contributed by atoms with van der Waals surface area (Å²) in [5.74, 6) is -0.0490. The van der Waals surface area contributed by atoms with Crippen molar-refractivity contribution >= 4 is 16.8 Å². The fourth-order valence-corrected chi connectivity index (χ4v) is 4.67. The fraction of sp³-hybridized carbons (Fsp3) is 0.385. The number of halogens is 3. The molecular formula is C26H25F3N2O2. The highest BCUT2D eigenvalue weighted by molar-refractivity contribution is 5.87. The molecule has 0 bridgehead atoms. The number of carbonyl (C=O) groups is 1. The Morgan fingerprint density at radius 2 is 1.79 bits per heavy atom. The van der Waals surface area contributed by atoms with E-state index in [9.17, 15) is 18.0 Å². The van der Waals surface area contributed by atoms with Crippen molar-refractivity contribution in [3.05, 3.63) is 60.3 Å². The largest absolute Gasteiger partial charge is 0.490 e. The first-order chi connectivity index (χ1) is 15.8. The normalized spacial score (nSPS) is 18.4. The molecule has 1 amide bonds. The van der Waals surface area contributed by atoms with Crippen LogP contribution < -0.4 is 4.74 Å². The molecule has 0 unspecified atom stereocenters. The third-order valence-electron chi connectivity index (χ3n) is 6.85. The number of likely N-dealkylation sites (tertiary alicyclic amines) is 1. The number of aromatic nitrogens is 1. The van der Waals surface area contributed by atoms with Gasteiger partial charge in [0.2, 0.25) is 5.91 Å². The molecule has 1 aliphatic heterocycles. The second kappa shape index (κ2) is 8.04. The smallest absolute Gasteiger partial charge is 0.403 e. The number of piperidine rings is 1. The highest BCUT2D eigenvalue weighted by Crippen LogP contribution is 2.58. The van der Waals surface area contributed by atoms with Crippen LogP contribution in [0, 0.1) is 12.3 Å². The molecule has 1 saturated heterocycles. The number of hydrogen-bond acceptors (Lipinski definition) is 3. The van der Waals surface area contributed by atoms with Gasteiger partial charge >= 0.3 is 6.18 Å². The second-order valence-corrected chi connectivity index (χ2v) is 9.08. The molecule has 4 nitrogen and oxygen atoms in total. The second-order valence-electron chi connectivity index (χ2n) is 9.08. The van der Waals surface area contributed by atoms with E-state index in [0.29, 0.717) is 31.7 Å². The van der Waals surface area contributed by atoms with E-state index in [1.807, 2.05) is 36.4 Å². The molecule has 2 heterocycles. The maximum atomic E-state index is 13.2. The van der Waals surface area contributed by atoms with E-state index in [1.165, 1.54) is 4.90 Å². The third kappa shape index (κ3) is 4.05. The van der Waals surface area contributed by atoms with Crippen molar-refractivity contribution < 1.29 is 22.7 Å². The molecule has 0 radical (unpaired) electrons. The van der Waals surface area contributed by atoms with Crippen molar-refractivity contribution in [1.29, 1.82) is 0 Å². The minimum absolute atomic E-state index is 0.0924. The van der Waals surface area contributed by atoms with Crippen LogP contribution in [0.25, 0.3) is 22.0 Å². The number of nitrogens with zero attached hydrogens (tertiary/aromatic N) is 2. The first kappa shape index (κ1) is 21.7. The number of ether oxygens (including phenoxy) is 1. The standard InChI is InChI=1S/C26H25F3N2O2/c1-17-15-19-3-2-12-30-23(19)16-22(17)18-4-6-20(7-5-18)33-21-8-13-31(14-9-21)24(32)25(10-11-25)26(27,28)29/h2-7,12,15-16,21H,8-11,13-14H2,1H3. The first-order valence-corrected chi connectivity index (χ1v) is 11.3. The first-order valence-electron chi connectivity index (χ1n) is 11.3. The summed E-state index contributed by atoms with van der Waals surface area (Å²) in [6.07, 6.45) is -1.93. The molecular weight excluding hydrogens is 429 g/mol. The summed E-state index contributed by atoms with van der Waals surface area (Å²) in [7, 11) is 0. The van der Waals surface area contributed by atoms with Gasteiger partial charge in [-0.15, -0.1) is 0 Å². The van der Waals surface area contributed by atoms with Gasteiger partial charge in [-0.25, -0.2) is 0 Å². The lowest BCUT2D eigenvalue weighted by Gasteiger charge is -2.35. The molecule has 1 saturated carbocycles. The number of aryl methyl sites for hydroxylation is 1. The Balaban J connectivity index is 1.21. The lowest BCUT2D eigenvalue weighted by atomic mass is 9.98. The molecule has 7 heteroatoms. The number of fused-ring (bicyclic) bond motifs is 1. The van der Waals surface area contributed by atoms with E-state index >= 15 is 0 Å². The third-order valence-corrected chi connectivity index (χ3v) is 6.85. The topological polar surface area (TPSA) is 42.4 Å². The number of pyridine rings is 1. The van der Waals surface area contributed by atoms with Crippen LogP contribution >= 0.6 is 0 Å². The molecule has 2 aliphatic rings. The van der Waals surface area contributed by atoms with Crippen LogP contribution in [0.2, 0.25) is 0 Å². The predicted molar refractivity (Wildman–Crippen MR) is 120 cm³/mol. The highest BCUT2D eigenvalue weighted by atomic mass is 19.4. The van der Waals surface area contributed by atoms with Crippen molar-refractivity contribution in [1.82, 2.24) is 9.88 Å². The van der Waals surface area contributed by atoms with Crippen LogP contribution in [-0.2, 0) is 4.79 Å². The predicted octanol–water partition coefficient (Wildman–Crippen LogP) is 5.92. The number of alkyl halides is 3. The summed E-state index contributed by atoms with van der Waals surface area (Å²) >= 11 is 0. The van der Waals surface area contributed by atoms with Gasteiger partial charge in [0, 0.05) is 37.5 Å². The van der Waals surface area contributed by atoms with Crippen LogP contribution in [0.15, 0.2) is 54.7 Å². The number of amides is 1. The average molecular weight is 454 g/mol. The lowest BCUT2D eigenvalue weighted by molar-refractivity contribution is -0.199. The molecule has 3 aromatic rings. The van der Waals surface area contributed by atoms with E-state index in [1.54, 1.807) is 6.20 Å². The monoisotopic (exact) mass is 454 g/mol. The van der Waals surface area contributed by atoms with Crippen molar-refractivity contribution in [2.45, 2.75) is 44.9 Å². The van der Waals surface area contributed by atoms with Crippen molar-refractivity contribution in [2.75, 3.05) is 13.1 Å². The summed E-state index contributed by atoms with van der Waals surface area (Å²) < 4.78 is 45.8. The van der Waals surface area contributed by atoms with Gasteiger partial charge in [0.05, 0.1) is 5.52 Å². The van der Waals surface area contributed by atoms with Gasteiger partial charge in [-0.3, -0.25) is 9.78 Å². The molecule has 1 aliphatic carbocycles. The number of rotatable bonds is 4. The number of benzene rings is 2. The zero-order valence-electron chi connectivity index (χ0n) is 18.4. The van der Waals surface area contributed by atoms with Crippen molar-refractivity contribution in [2.24, 2.45) is 5.41 Å². The summed E-state index contributed by atoms with van der Waals surface area (Å²) in [6, 6.07) is 16.0. The van der Waals surface area contributed by atoms with Gasteiger partial charge < -0.3 is 9.64 Å². The van der Waals surface area contributed by atoms with Gasteiger partial charge in [-0.1, -0.05) is 18.2 Å². The van der Waals surface area contributed by atoms with Crippen LogP contribution in [0.5, 0.6) is 5.75 Å². The van der Waals surface area contributed by atoms with Gasteiger partial charge in [-0.2, -0.15) is 13.2 Å². The van der Waals surface area contributed by atoms with Crippen molar-refractivity contribution in [3.8, 4) is 16.9 Å². The molecule has 1 aromatic heterocycles. The molecule has 5 rings (SSSR count). The minimum atomic E-state index is -4.46. The summed E-state index contributed by atoms with van der Waals surface area (Å²) in [5, 5.41) is 1.10. The maximum absolute atomic E-state index is 13.2. The zero-order chi connectivity index (χ0) is 23.2. The molecule has 0 spiro atoms. The van der Waals surface area contributed by atoms with E-state index in [-0.39, 0.29) is 18.9 Å².